The van der Waals surface area contributed by atoms with Crippen molar-refractivity contribution < 1.29 is 14.0 Å². The van der Waals surface area contributed by atoms with Crippen molar-refractivity contribution in [2.45, 2.75) is 32.1 Å². The first-order valence-electron chi connectivity index (χ1n) is 8.53. The second kappa shape index (κ2) is 7.47. The van der Waals surface area contributed by atoms with Gasteiger partial charge in [0.15, 0.2) is 0 Å². The first-order valence-corrected chi connectivity index (χ1v) is 8.53. The predicted octanol–water partition coefficient (Wildman–Crippen LogP) is 4.31. The minimum Gasteiger partial charge on any atom is -0.326 e. The van der Waals surface area contributed by atoms with Crippen molar-refractivity contribution in [1.29, 1.82) is 0 Å². The molecule has 0 spiro atoms. The molecule has 4 nitrogen and oxygen atoms in total. The third-order valence-electron chi connectivity index (χ3n) is 4.32. The molecule has 2 aromatic rings. The van der Waals surface area contributed by atoms with Gasteiger partial charge in [0.1, 0.15) is 5.82 Å². The Morgan fingerprint density at radius 3 is 2.44 bits per heavy atom. The summed E-state index contributed by atoms with van der Waals surface area (Å²) >= 11 is 0. The molecular formula is C20H21FN2O2. The molecular weight excluding hydrogens is 319 g/mol. The van der Waals surface area contributed by atoms with E-state index in [1.54, 1.807) is 36.4 Å². The predicted molar refractivity (Wildman–Crippen MR) is 95.9 cm³/mol. The van der Waals surface area contributed by atoms with Gasteiger partial charge in [-0.25, -0.2) is 4.39 Å². The van der Waals surface area contributed by atoms with Crippen LogP contribution in [0.4, 0.5) is 15.8 Å². The van der Waals surface area contributed by atoms with Crippen LogP contribution in [0.15, 0.2) is 48.5 Å². The van der Waals surface area contributed by atoms with Crippen LogP contribution in [0.2, 0.25) is 0 Å². The summed E-state index contributed by atoms with van der Waals surface area (Å²) < 4.78 is 13.0. The molecule has 5 heteroatoms. The van der Waals surface area contributed by atoms with Crippen LogP contribution in [-0.4, -0.2) is 11.8 Å². The SMILES string of the molecule is CCCC(=O)Nc1cccc(NC(=O)C2CC2c2ccc(F)cc2)c1. The van der Waals surface area contributed by atoms with E-state index in [0.717, 1.165) is 18.4 Å². The Morgan fingerprint density at radius 2 is 1.76 bits per heavy atom. The summed E-state index contributed by atoms with van der Waals surface area (Å²) in [5, 5.41) is 5.71. The zero-order chi connectivity index (χ0) is 17.8. The molecule has 2 unspecified atom stereocenters. The van der Waals surface area contributed by atoms with Crippen molar-refractivity contribution in [2.75, 3.05) is 10.6 Å². The molecule has 3 rings (SSSR count). The zero-order valence-electron chi connectivity index (χ0n) is 14.1. The number of nitrogens with one attached hydrogen (secondary N) is 2. The number of carbonyl (C=O) groups excluding carboxylic acids is 2. The van der Waals surface area contributed by atoms with E-state index in [4.69, 9.17) is 0 Å². The summed E-state index contributed by atoms with van der Waals surface area (Å²) in [4.78, 5) is 24.1. The Morgan fingerprint density at radius 1 is 1.08 bits per heavy atom. The fourth-order valence-corrected chi connectivity index (χ4v) is 2.92. The number of carbonyl (C=O) groups is 2. The monoisotopic (exact) mass is 340 g/mol. The van der Waals surface area contributed by atoms with E-state index in [1.807, 2.05) is 6.92 Å². The number of halogens is 1. The van der Waals surface area contributed by atoms with Crippen molar-refractivity contribution in [1.82, 2.24) is 0 Å². The normalized spacial score (nSPS) is 18.5. The van der Waals surface area contributed by atoms with Gasteiger partial charge in [0.25, 0.3) is 0 Å². The van der Waals surface area contributed by atoms with Crippen molar-refractivity contribution in [3.05, 3.63) is 59.9 Å². The number of rotatable bonds is 6. The van der Waals surface area contributed by atoms with Crippen molar-refractivity contribution in [2.24, 2.45) is 5.92 Å². The quantitative estimate of drug-likeness (QED) is 0.823. The van der Waals surface area contributed by atoms with Gasteiger partial charge in [-0.05, 0) is 54.7 Å². The molecule has 0 aliphatic heterocycles. The van der Waals surface area contributed by atoms with E-state index in [2.05, 4.69) is 10.6 Å². The van der Waals surface area contributed by atoms with E-state index in [-0.39, 0.29) is 29.5 Å². The van der Waals surface area contributed by atoms with Gasteiger partial charge in [-0.2, -0.15) is 0 Å². The van der Waals surface area contributed by atoms with E-state index >= 15 is 0 Å². The first-order chi connectivity index (χ1) is 12.1. The number of hydrogen-bond acceptors (Lipinski definition) is 2. The van der Waals surface area contributed by atoms with Crippen LogP contribution in [0.25, 0.3) is 0 Å². The van der Waals surface area contributed by atoms with Crippen molar-refractivity contribution >= 4 is 23.2 Å². The standard InChI is InChI=1S/C20H21FN2O2/c1-2-4-19(24)22-15-5-3-6-16(11-15)23-20(25)18-12-17(18)13-7-9-14(21)10-8-13/h3,5-11,17-18H,2,4,12H2,1H3,(H,22,24)(H,23,25). The highest BCUT2D eigenvalue weighted by molar-refractivity contribution is 5.96. The third kappa shape index (κ3) is 4.44. The first kappa shape index (κ1) is 17.1. The van der Waals surface area contributed by atoms with Crippen LogP contribution < -0.4 is 10.6 Å². The second-order valence-corrected chi connectivity index (χ2v) is 6.37. The maximum absolute atomic E-state index is 13.0. The lowest BCUT2D eigenvalue weighted by Crippen LogP contribution is -2.15. The number of amides is 2. The average molecular weight is 340 g/mol. The Bertz CT molecular complexity index is 774. The molecule has 0 heterocycles. The Labute approximate surface area is 146 Å². The molecule has 0 saturated heterocycles. The van der Waals surface area contributed by atoms with Gasteiger partial charge in [0.05, 0.1) is 0 Å². The van der Waals surface area contributed by atoms with Crippen LogP contribution in [0.5, 0.6) is 0 Å². The number of benzene rings is 2. The van der Waals surface area contributed by atoms with E-state index in [0.29, 0.717) is 17.8 Å². The lowest BCUT2D eigenvalue weighted by atomic mass is 10.1. The van der Waals surface area contributed by atoms with Crippen LogP contribution in [0, 0.1) is 11.7 Å². The topological polar surface area (TPSA) is 58.2 Å². The van der Waals surface area contributed by atoms with Crippen LogP contribution in [0.3, 0.4) is 0 Å². The highest BCUT2D eigenvalue weighted by Crippen LogP contribution is 2.48. The number of anilines is 2. The Kier molecular flexibility index (Phi) is 5.12. The zero-order valence-corrected chi connectivity index (χ0v) is 14.1. The molecule has 0 bridgehead atoms. The fourth-order valence-electron chi connectivity index (χ4n) is 2.92. The lowest BCUT2D eigenvalue weighted by molar-refractivity contribution is -0.117. The number of hydrogen-bond donors (Lipinski definition) is 2. The second-order valence-electron chi connectivity index (χ2n) is 6.37. The molecule has 2 amide bonds. The summed E-state index contributed by atoms with van der Waals surface area (Å²) in [6.45, 7) is 1.95. The molecule has 25 heavy (non-hydrogen) atoms. The Hall–Kier alpha value is -2.69. The van der Waals surface area contributed by atoms with Gasteiger partial charge in [0, 0.05) is 23.7 Å². The molecule has 2 aromatic carbocycles. The smallest absolute Gasteiger partial charge is 0.228 e. The van der Waals surface area contributed by atoms with Gasteiger partial charge in [0.2, 0.25) is 11.8 Å². The fraction of sp³-hybridized carbons (Fsp3) is 0.300. The highest BCUT2D eigenvalue weighted by atomic mass is 19.1. The third-order valence-corrected chi connectivity index (χ3v) is 4.32. The molecule has 2 atom stereocenters. The van der Waals surface area contributed by atoms with Crippen molar-refractivity contribution in [3.8, 4) is 0 Å². The lowest BCUT2D eigenvalue weighted by Gasteiger charge is -2.09. The average Bonchev–Trinajstić information content (AvgIpc) is 3.37. The van der Waals surface area contributed by atoms with Gasteiger partial charge >= 0.3 is 0 Å². The molecule has 0 aromatic heterocycles. The van der Waals surface area contributed by atoms with E-state index in [1.165, 1.54) is 12.1 Å². The van der Waals surface area contributed by atoms with Gasteiger partial charge in [-0.1, -0.05) is 25.1 Å². The molecule has 130 valence electrons. The van der Waals surface area contributed by atoms with E-state index in [9.17, 15) is 14.0 Å². The minimum atomic E-state index is -0.271. The summed E-state index contributed by atoms with van der Waals surface area (Å²) in [6.07, 6.45) is 2.02. The summed E-state index contributed by atoms with van der Waals surface area (Å²) in [6, 6.07) is 13.4. The maximum Gasteiger partial charge on any atom is 0.228 e. The van der Waals surface area contributed by atoms with Gasteiger partial charge < -0.3 is 10.6 Å². The van der Waals surface area contributed by atoms with Crippen LogP contribution in [0.1, 0.15) is 37.7 Å². The Balaban J connectivity index is 1.58. The van der Waals surface area contributed by atoms with Gasteiger partial charge in [-0.15, -0.1) is 0 Å². The summed E-state index contributed by atoms with van der Waals surface area (Å²) in [5.74, 6) is -0.305. The molecule has 2 N–H and O–H groups in total. The van der Waals surface area contributed by atoms with Gasteiger partial charge in [-0.3, -0.25) is 9.59 Å². The van der Waals surface area contributed by atoms with Crippen LogP contribution >= 0.6 is 0 Å². The van der Waals surface area contributed by atoms with Crippen molar-refractivity contribution in [3.63, 3.8) is 0 Å². The van der Waals surface area contributed by atoms with E-state index < -0.39 is 0 Å². The summed E-state index contributed by atoms with van der Waals surface area (Å²) in [7, 11) is 0. The molecule has 1 aliphatic carbocycles. The highest BCUT2D eigenvalue weighted by Gasteiger charge is 2.43. The minimum absolute atomic E-state index is 0.0375. The largest absolute Gasteiger partial charge is 0.326 e. The molecule has 1 fully saturated rings. The summed E-state index contributed by atoms with van der Waals surface area (Å²) in [5.41, 5.74) is 2.31. The maximum atomic E-state index is 13.0. The molecule has 1 saturated carbocycles. The molecule has 1 aliphatic rings. The van der Waals surface area contributed by atoms with Crippen LogP contribution in [-0.2, 0) is 9.59 Å². The molecule has 0 radical (unpaired) electrons.